The van der Waals surface area contributed by atoms with Crippen molar-refractivity contribution in [2.45, 2.75) is 12.3 Å². The van der Waals surface area contributed by atoms with E-state index in [0.29, 0.717) is 29.7 Å². The molecule has 5 nitrogen and oxygen atoms in total. The Morgan fingerprint density at radius 3 is 3.00 bits per heavy atom. The van der Waals surface area contributed by atoms with Gasteiger partial charge in [0.2, 0.25) is 0 Å². The quantitative estimate of drug-likeness (QED) is 0.869. The van der Waals surface area contributed by atoms with Crippen LogP contribution in [0.1, 0.15) is 16.8 Å². The molecule has 21 heavy (non-hydrogen) atoms. The number of rotatable bonds is 1. The molecule has 7 heteroatoms. The number of anilines is 1. The molecule has 0 spiro atoms. The van der Waals surface area contributed by atoms with Crippen LogP contribution in [0.15, 0.2) is 24.5 Å². The number of hydrogen-bond donors (Lipinski definition) is 1. The van der Waals surface area contributed by atoms with Gasteiger partial charge in [-0.05, 0) is 18.6 Å². The van der Waals surface area contributed by atoms with Gasteiger partial charge in [-0.3, -0.25) is 4.79 Å². The minimum Gasteiger partial charge on any atom is -0.399 e. The largest absolute Gasteiger partial charge is 0.399 e. The van der Waals surface area contributed by atoms with Crippen LogP contribution in [0.5, 0.6) is 0 Å². The molecule has 1 amide bonds. The molecule has 0 aromatic carbocycles. The van der Waals surface area contributed by atoms with Gasteiger partial charge in [-0.25, -0.2) is 13.3 Å². The number of nitrogen functional groups attached to an aromatic ring is 1. The Labute approximate surface area is 119 Å². The number of fused-ring (bicyclic) bond motifs is 2. The fourth-order valence-electron chi connectivity index (χ4n) is 3.24. The van der Waals surface area contributed by atoms with Crippen LogP contribution in [-0.4, -0.2) is 39.4 Å². The lowest BCUT2D eigenvalue weighted by Crippen LogP contribution is -2.37. The molecule has 2 aliphatic rings. The molecule has 2 aromatic rings. The molecule has 2 unspecified atom stereocenters. The zero-order valence-electron chi connectivity index (χ0n) is 11.2. The topological polar surface area (TPSA) is 63.6 Å². The Balaban J connectivity index is 1.63. The van der Waals surface area contributed by atoms with Crippen LogP contribution in [-0.2, 0) is 0 Å². The predicted octanol–water partition coefficient (Wildman–Crippen LogP) is 1.64. The fraction of sp³-hybridized carbons (Fsp3) is 0.429. The summed E-state index contributed by atoms with van der Waals surface area (Å²) >= 11 is 0. The van der Waals surface area contributed by atoms with Crippen molar-refractivity contribution in [3.8, 4) is 0 Å². The molecule has 2 atom stereocenters. The van der Waals surface area contributed by atoms with Gasteiger partial charge in [-0.1, -0.05) is 0 Å². The van der Waals surface area contributed by atoms with Crippen molar-refractivity contribution in [1.29, 1.82) is 0 Å². The van der Waals surface area contributed by atoms with E-state index in [9.17, 15) is 13.6 Å². The second-order valence-corrected chi connectivity index (χ2v) is 5.78. The van der Waals surface area contributed by atoms with Crippen LogP contribution < -0.4 is 5.73 Å². The summed E-state index contributed by atoms with van der Waals surface area (Å²) in [6.45, 7) is 0.491. The first kappa shape index (κ1) is 12.6. The lowest BCUT2D eigenvalue weighted by Gasteiger charge is -2.25. The zero-order chi connectivity index (χ0) is 14.8. The van der Waals surface area contributed by atoms with E-state index in [1.54, 1.807) is 22.8 Å². The Kier molecular flexibility index (Phi) is 2.35. The molecular formula is C14H14F2N4O. The zero-order valence-corrected chi connectivity index (χ0v) is 11.2. The monoisotopic (exact) mass is 292 g/mol. The first-order chi connectivity index (χ1) is 9.98. The molecule has 2 aromatic heterocycles. The first-order valence-electron chi connectivity index (χ1n) is 6.88. The van der Waals surface area contributed by atoms with E-state index < -0.39 is 17.8 Å². The molecule has 110 valence electrons. The lowest BCUT2D eigenvalue weighted by molar-refractivity contribution is 0.0692. The van der Waals surface area contributed by atoms with Crippen LogP contribution in [0, 0.1) is 11.8 Å². The summed E-state index contributed by atoms with van der Waals surface area (Å²) in [5, 5.41) is 4.10. The lowest BCUT2D eigenvalue weighted by atomic mass is 10.1. The van der Waals surface area contributed by atoms with Crippen molar-refractivity contribution in [3.63, 3.8) is 0 Å². The predicted molar refractivity (Wildman–Crippen MR) is 72.1 cm³/mol. The van der Waals surface area contributed by atoms with Gasteiger partial charge in [-0.15, -0.1) is 0 Å². The smallest absolute Gasteiger partial charge is 0.257 e. The maximum atomic E-state index is 13.4. The number of pyridine rings is 1. The minimum atomic E-state index is -2.60. The van der Waals surface area contributed by atoms with Crippen LogP contribution in [0.25, 0.3) is 5.52 Å². The molecule has 1 saturated heterocycles. The van der Waals surface area contributed by atoms with Crippen molar-refractivity contribution < 1.29 is 13.6 Å². The van der Waals surface area contributed by atoms with Gasteiger partial charge in [0.1, 0.15) is 0 Å². The average Bonchev–Trinajstić information content (AvgIpc) is 2.83. The minimum absolute atomic E-state index is 0.121. The number of amides is 1. The fourth-order valence-corrected chi connectivity index (χ4v) is 3.24. The van der Waals surface area contributed by atoms with Crippen molar-refractivity contribution in [3.05, 3.63) is 30.1 Å². The molecular weight excluding hydrogens is 278 g/mol. The number of alkyl halides is 2. The molecule has 1 aliphatic heterocycles. The number of nitrogens with zero attached hydrogens (tertiary/aromatic N) is 3. The molecule has 0 radical (unpaired) electrons. The number of hydrogen-bond acceptors (Lipinski definition) is 3. The van der Waals surface area contributed by atoms with Crippen LogP contribution in [0.2, 0.25) is 0 Å². The highest BCUT2D eigenvalue weighted by Gasteiger charge is 2.69. The Hall–Kier alpha value is -2.18. The molecule has 4 rings (SSSR count). The third-order valence-electron chi connectivity index (χ3n) is 4.56. The second kappa shape index (κ2) is 3.93. The standard InChI is InChI=1S/C14H14F2N4O/c15-14(16)10-2-3-19(7-11(10)14)13(21)9-6-18-20-4-1-8(17)5-12(9)20/h1,4-6,10-11H,2-3,7,17H2. The highest BCUT2D eigenvalue weighted by molar-refractivity contribution is 6.01. The number of aromatic nitrogens is 2. The number of carbonyl (C=O) groups is 1. The molecule has 1 aliphatic carbocycles. The van der Waals surface area contributed by atoms with E-state index in [4.69, 9.17) is 5.73 Å². The summed E-state index contributed by atoms with van der Waals surface area (Å²) in [6, 6.07) is 3.35. The van der Waals surface area contributed by atoms with E-state index >= 15 is 0 Å². The Bertz CT molecular complexity index is 742. The number of carbonyl (C=O) groups excluding carboxylic acids is 1. The molecule has 2 fully saturated rings. The number of likely N-dealkylation sites (tertiary alicyclic amines) is 1. The maximum absolute atomic E-state index is 13.4. The van der Waals surface area contributed by atoms with Gasteiger partial charge in [0.05, 0.1) is 17.3 Å². The number of nitrogens with two attached hydrogens (primary N) is 1. The third kappa shape index (κ3) is 1.73. The number of halogens is 2. The summed E-state index contributed by atoms with van der Waals surface area (Å²) in [5.74, 6) is -4.07. The van der Waals surface area contributed by atoms with E-state index in [2.05, 4.69) is 5.10 Å². The van der Waals surface area contributed by atoms with Gasteiger partial charge in [0.25, 0.3) is 11.8 Å². The second-order valence-electron chi connectivity index (χ2n) is 5.78. The van der Waals surface area contributed by atoms with E-state index in [1.165, 1.54) is 11.1 Å². The molecule has 3 heterocycles. The summed E-state index contributed by atoms with van der Waals surface area (Å²) in [5.41, 5.74) is 7.27. The highest BCUT2D eigenvalue weighted by atomic mass is 19.3. The van der Waals surface area contributed by atoms with Gasteiger partial charge < -0.3 is 10.6 Å². The van der Waals surface area contributed by atoms with Gasteiger partial charge in [0, 0.05) is 36.8 Å². The van der Waals surface area contributed by atoms with Gasteiger partial charge in [0.15, 0.2) is 0 Å². The van der Waals surface area contributed by atoms with Crippen molar-refractivity contribution in [2.75, 3.05) is 18.8 Å². The molecule has 0 bridgehead atoms. The summed E-state index contributed by atoms with van der Waals surface area (Å²) in [4.78, 5) is 14.1. The maximum Gasteiger partial charge on any atom is 0.257 e. The third-order valence-corrected chi connectivity index (χ3v) is 4.56. The van der Waals surface area contributed by atoms with Gasteiger partial charge in [-0.2, -0.15) is 5.10 Å². The Morgan fingerprint density at radius 2 is 2.24 bits per heavy atom. The number of piperidine rings is 1. The normalized spacial score (nSPS) is 26.7. The van der Waals surface area contributed by atoms with Crippen molar-refractivity contribution in [1.82, 2.24) is 14.5 Å². The summed E-state index contributed by atoms with van der Waals surface area (Å²) in [6.07, 6.45) is 3.50. The van der Waals surface area contributed by atoms with E-state index in [0.717, 1.165) is 0 Å². The molecule has 1 saturated carbocycles. The van der Waals surface area contributed by atoms with Crippen LogP contribution in [0.4, 0.5) is 14.5 Å². The SMILES string of the molecule is Nc1ccn2ncc(C(=O)N3CCC4C(C3)C4(F)F)c2c1. The molecule has 2 N–H and O–H groups in total. The van der Waals surface area contributed by atoms with Crippen molar-refractivity contribution in [2.24, 2.45) is 11.8 Å². The highest BCUT2D eigenvalue weighted by Crippen LogP contribution is 2.59. The van der Waals surface area contributed by atoms with E-state index in [-0.39, 0.29) is 12.5 Å². The summed E-state index contributed by atoms with van der Waals surface area (Å²) in [7, 11) is 0. The van der Waals surface area contributed by atoms with Crippen LogP contribution in [0.3, 0.4) is 0 Å². The first-order valence-corrected chi connectivity index (χ1v) is 6.88. The average molecular weight is 292 g/mol. The van der Waals surface area contributed by atoms with Crippen molar-refractivity contribution >= 4 is 17.1 Å². The van der Waals surface area contributed by atoms with E-state index in [1.807, 2.05) is 0 Å². The van der Waals surface area contributed by atoms with Crippen LogP contribution >= 0.6 is 0 Å². The van der Waals surface area contributed by atoms with Gasteiger partial charge >= 0.3 is 0 Å². The summed E-state index contributed by atoms with van der Waals surface area (Å²) < 4.78 is 28.4. The Morgan fingerprint density at radius 1 is 1.43 bits per heavy atom.